The van der Waals surface area contributed by atoms with Crippen molar-refractivity contribution >= 4 is 78.1 Å². The summed E-state index contributed by atoms with van der Waals surface area (Å²) >= 11 is 2.36. The highest BCUT2D eigenvalue weighted by Crippen LogP contribution is 2.55. The molecule has 1 N–H and O–H groups in total. The minimum atomic E-state index is -0.865. The first-order chi connectivity index (χ1) is 17.0. The van der Waals surface area contributed by atoms with Crippen LogP contribution in [0.3, 0.4) is 0 Å². The number of carbonyl (C=O) groups excluding carboxylic acids is 2. The van der Waals surface area contributed by atoms with Gasteiger partial charge in [0.1, 0.15) is 6.23 Å². The van der Waals surface area contributed by atoms with Crippen molar-refractivity contribution in [3.8, 4) is 0 Å². The van der Waals surface area contributed by atoms with Crippen molar-refractivity contribution in [1.82, 2.24) is 14.5 Å². The van der Waals surface area contributed by atoms with Gasteiger partial charge in [-0.3, -0.25) is 9.59 Å². The zero-order valence-electron chi connectivity index (χ0n) is 18.8. The van der Waals surface area contributed by atoms with E-state index in [0.717, 1.165) is 54.7 Å². The molecule has 8 rings (SSSR count). The van der Waals surface area contributed by atoms with E-state index in [1.54, 1.807) is 0 Å². The molecule has 7 nitrogen and oxygen atoms in total. The normalized spacial score (nSPS) is 24.6. The minimum absolute atomic E-state index is 0.0293. The van der Waals surface area contributed by atoms with Crippen molar-refractivity contribution in [3.63, 3.8) is 0 Å². The number of amides is 1. The fourth-order valence-corrected chi connectivity index (χ4v) is 7.78. The Morgan fingerprint density at radius 1 is 1.11 bits per heavy atom. The number of aromatic nitrogens is 2. The maximum Gasteiger partial charge on any atom is 0.303 e. The van der Waals surface area contributed by atoms with E-state index in [0.29, 0.717) is 17.4 Å². The summed E-state index contributed by atoms with van der Waals surface area (Å²) in [5, 5.41) is 7.26. The fourth-order valence-electron chi connectivity index (χ4n) is 6.77. The van der Waals surface area contributed by atoms with Crippen LogP contribution in [0.1, 0.15) is 35.5 Å². The lowest BCUT2D eigenvalue weighted by Crippen LogP contribution is -2.45. The standard InChI is InChI=1S/C27H20IN3O4/c1-13(32)34-19-10-20-30-17-8-4-2-6-14(17)22-23-16(11-29-26(23)33)21-15-7-3-5-9-18(15)31(25(21)24(22)30)27(19,12-28)35-20/h2-9,19-20H,10-12H2,1H3,(H,29,33)/t19-,20+,27-/m0/s1. The molecule has 0 unspecified atom stereocenters. The highest BCUT2D eigenvalue weighted by molar-refractivity contribution is 14.1. The van der Waals surface area contributed by atoms with Crippen LogP contribution in [0, 0.1) is 0 Å². The topological polar surface area (TPSA) is 74.5 Å². The number of benzene rings is 3. The lowest BCUT2D eigenvalue weighted by molar-refractivity contribution is -0.168. The summed E-state index contributed by atoms with van der Waals surface area (Å²) in [4.78, 5) is 25.5. The molecule has 1 amide bonds. The number of ether oxygens (including phenoxy) is 2. The molecule has 3 atom stereocenters. The third kappa shape index (κ3) is 2.21. The Hall–Kier alpha value is -3.11. The predicted molar refractivity (Wildman–Crippen MR) is 141 cm³/mol. The predicted octanol–water partition coefficient (Wildman–Crippen LogP) is 5.10. The van der Waals surface area contributed by atoms with E-state index in [-0.39, 0.29) is 18.1 Å². The molecule has 3 aliphatic heterocycles. The molecule has 1 saturated heterocycles. The van der Waals surface area contributed by atoms with Gasteiger partial charge >= 0.3 is 5.97 Å². The number of carbonyl (C=O) groups is 2. The zero-order chi connectivity index (χ0) is 23.6. The fraction of sp³-hybridized carbons (Fsp3) is 0.259. The van der Waals surface area contributed by atoms with Crippen molar-refractivity contribution in [3.05, 3.63) is 59.7 Å². The Balaban J connectivity index is 1.70. The number of fused-ring (bicyclic) bond motifs is 13. The van der Waals surface area contributed by atoms with E-state index in [1.165, 1.54) is 6.92 Å². The molecule has 0 aliphatic carbocycles. The summed E-state index contributed by atoms with van der Waals surface area (Å²) in [7, 11) is 0. The average Bonchev–Trinajstić information content (AvgIpc) is 3.56. The summed E-state index contributed by atoms with van der Waals surface area (Å²) in [6.45, 7) is 1.95. The maximum absolute atomic E-state index is 13.3. The van der Waals surface area contributed by atoms with Gasteiger partial charge in [0.15, 0.2) is 11.8 Å². The monoisotopic (exact) mass is 577 g/mol. The molecule has 2 aromatic heterocycles. The number of hydrogen-bond donors (Lipinski definition) is 1. The number of nitrogens with one attached hydrogen (secondary N) is 1. The molecule has 0 saturated carbocycles. The van der Waals surface area contributed by atoms with Crippen LogP contribution in [-0.2, 0) is 26.5 Å². The second kappa shape index (κ2) is 6.55. The van der Waals surface area contributed by atoms with Crippen LogP contribution < -0.4 is 5.32 Å². The molecule has 5 aromatic rings. The van der Waals surface area contributed by atoms with Gasteiger partial charge in [0.2, 0.25) is 0 Å². The van der Waals surface area contributed by atoms with Crippen LogP contribution in [0.25, 0.3) is 43.6 Å². The van der Waals surface area contributed by atoms with Gasteiger partial charge in [0.05, 0.1) is 32.1 Å². The molecule has 1 fully saturated rings. The third-order valence-electron chi connectivity index (χ3n) is 7.94. The van der Waals surface area contributed by atoms with Gasteiger partial charge in [-0.05, 0) is 17.7 Å². The largest absolute Gasteiger partial charge is 0.457 e. The number of nitrogens with zero attached hydrogens (tertiary/aromatic N) is 2. The smallest absolute Gasteiger partial charge is 0.303 e. The van der Waals surface area contributed by atoms with Crippen molar-refractivity contribution in [1.29, 1.82) is 0 Å². The highest BCUT2D eigenvalue weighted by Gasteiger charge is 2.56. The molecule has 174 valence electrons. The van der Waals surface area contributed by atoms with E-state index >= 15 is 0 Å². The lowest BCUT2D eigenvalue weighted by atomic mass is 9.96. The quantitative estimate of drug-likeness (QED) is 0.180. The summed E-state index contributed by atoms with van der Waals surface area (Å²) < 4.78 is 18.0. The maximum atomic E-state index is 13.3. The number of esters is 1. The van der Waals surface area contributed by atoms with Crippen LogP contribution in [0.15, 0.2) is 48.5 Å². The molecule has 3 aliphatic rings. The van der Waals surface area contributed by atoms with Crippen LogP contribution in [0.2, 0.25) is 0 Å². The van der Waals surface area contributed by atoms with Gasteiger partial charge in [0.25, 0.3) is 5.91 Å². The van der Waals surface area contributed by atoms with Crippen LogP contribution in [-0.4, -0.2) is 31.5 Å². The Labute approximate surface area is 213 Å². The van der Waals surface area contributed by atoms with Crippen molar-refractivity contribution in [2.45, 2.75) is 37.9 Å². The highest BCUT2D eigenvalue weighted by atomic mass is 127. The van der Waals surface area contributed by atoms with Gasteiger partial charge in [-0.15, -0.1) is 0 Å². The Bertz CT molecular complexity index is 1800. The molecule has 3 aromatic carbocycles. The third-order valence-corrected chi connectivity index (χ3v) is 9.03. The van der Waals surface area contributed by atoms with E-state index in [9.17, 15) is 9.59 Å². The van der Waals surface area contributed by atoms with Gasteiger partial charge < -0.3 is 23.9 Å². The number of para-hydroxylation sites is 2. The van der Waals surface area contributed by atoms with Crippen LogP contribution >= 0.6 is 22.6 Å². The van der Waals surface area contributed by atoms with E-state index in [1.807, 2.05) is 24.3 Å². The summed E-state index contributed by atoms with van der Waals surface area (Å²) in [6, 6.07) is 16.5. The Morgan fingerprint density at radius 2 is 1.83 bits per heavy atom. The molecule has 8 heteroatoms. The summed E-state index contributed by atoms with van der Waals surface area (Å²) in [5.41, 5.74) is 5.03. The lowest BCUT2D eigenvalue weighted by Gasteiger charge is -2.34. The molecule has 0 radical (unpaired) electrons. The van der Waals surface area contributed by atoms with Crippen molar-refractivity contribution < 1.29 is 19.1 Å². The van der Waals surface area contributed by atoms with Crippen LogP contribution in [0.5, 0.6) is 0 Å². The Kier molecular flexibility index (Phi) is 3.77. The first-order valence-electron chi connectivity index (χ1n) is 11.8. The van der Waals surface area contributed by atoms with Gasteiger partial charge in [-0.2, -0.15) is 0 Å². The first-order valence-corrected chi connectivity index (χ1v) is 13.3. The molecule has 2 bridgehead atoms. The zero-order valence-corrected chi connectivity index (χ0v) is 21.0. The van der Waals surface area contributed by atoms with E-state index in [4.69, 9.17) is 9.47 Å². The number of hydrogen-bond acceptors (Lipinski definition) is 4. The van der Waals surface area contributed by atoms with Gasteiger partial charge in [-0.25, -0.2) is 0 Å². The average molecular weight is 577 g/mol. The molecule has 5 heterocycles. The number of alkyl halides is 1. The van der Waals surface area contributed by atoms with E-state index < -0.39 is 11.8 Å². The van der Waals surface area contributed by atoms with Crippen molar-refractivity contribution in [2.24, 2.45) is 0 Å². The second-order valence-corrected chi connectivity index (χ2v) is 10.4. The molecular weight excluding hydrogens is 557 g/mol. The van der Waals surface area contributed by atoms with Gasteiger partial charge in [-0.1, -0.05) is 59.0 Å². The number of rotatable bonds is 2. The van der Waals surface area contributed by atoms with E-state index in [2.05, 4.69) is 61.3 Å². The second-order valence-electron chi connectivity index (χ2n) is 9.61. The molecule has 35 heavy (non-hydrogen) atoms. The molecular formula is C27H20IN3O4. The number of halogens is 1. The summed E-state index contributed by atoms with van der Waals surface area (Å²) in [6.07, 6.45) is -0.244. The summed E-state index contributed by atoms with van der Waals surface area (Å²) in [5.74, 6) is -0.341. The SMILES string of the molecule is CC(=O)O[C@H]1C[C@H]2O[C@]1(CI)n1c3ccccc3c3c4c(c5c6ccccc6n2c5c31)C(=O)NC4. The van der Waals surface area contributed by atoms with Gasteiger partial charge in [0, 0.05) is 41.4 Å². The Morgan fingerprint density at radius 3 is 2.57 bits per heavy atom. The van der Waals surface area contributed by atoms with Crippen LogP contribution in [0.4, 0.5) is 0 Å². The molecule has 0 spiro atoms. The minimum Gasteiger partial charge on any atom is -0.457 e. The van der Waals surface area contributed by atoms with Crippen molar-refractivity contribution in [2.75, 3.05) is 4.43 Å². The first kappa shape index (κ1) is 20.1.